The molecule has 0 unspecified atom stereocenters. The molecule has 0 spiro atoms. The van der Waals surface area contributed by atoms with Crippen LogP contribution in [0.2, 0.25) is 0 Å². The van der Waals surface area contributed by atoms with Gasteiger partial charge in [-0.25, -0.2) is 0 Å². The summed E-state index contributed by atoms with van der Waals surface area (Å²) in [6, 6.07) is 0. The summed E-state index contributed by atoms with van der Waals surface area (Å²) in [5.41, 5.74) is 1.61. The van der Waals surface area contributed by atoms with Gasteiger partial charge in [0.1, 0.15) is 0 Å². The van der Waals surface area contributed by atoms with Crippen molar-refractivity contribution < 1.29 is 10.2 Å². The Morgan fingerprint density at radius 3 is 2.73 bits per heavy atom. The van der Waals surface area contributed by atoms with Gasteiger partial charge in [0, 0.05) is 5.92 Å². The predicted molar refractivity (Wildman–Crippen MR) is 110 cm³/mol. The lowest BCUT2D eigenvalue weighted by atomic mass is 9.88. The van der Waals surface area contributed by atoms with E-state index in [1.807, 2.05) is 6.08 Å². The first kappa shape index (κ1) is 21.7. The van der Waals surface area contributed by atoms with Gasteiger partial charge in [0.25, 0.3) is 0 Å². The zero-order valence-electron chi connectivity index (χ0n) is 17.2. The van der Waals surface area contributed by atoms with E-state index in [9.17, 15) is 10.2 Å². The Labute approximate surface area is 161 Å². The molecule has 0 amide bonds. The first-order valence-corrected chi connectivity index (χ1v) is 10.9. The van der Waals surface area contributed by atoms with Gasteiger partial charge in [-0.2, -0.15) is 0 Å². The molecule has 0 saturated heterocycles. The Hall–Kier alpha value is -0.640. The minimum atomic E-state index is -0.349. The Morgan fingerprint density at radius 1 is 1.19 bits per heavy atom. The van der Waals surface area contributed by atoms with Crippen LogP contribution in [0.15, 0.2) is 23.8 Å². The highest BCUT2D eigenvalue weighted by molar-refractivity contribution is 5.20. The van der Waals surface area contributed by atoms with E-state index in [2.05, 4.69) is 38.1 Å². The van der Waals surface area contributed by atoms with E-state index < -0.39 is 0 Å². The molecule has 26 heavy (non-hydrogen) atoms. The number of hydrogen-bond acceptors (Lipinski definition) is 3. The fourth-order valence-corrected chi connectivity index (χ4v) is 4.70. The van der Waals surface area contributed by atoms with Crippen molar-refractivity contribution in [1.29, 1.82) is 0 Å². The van der Waals surface area contributed by atoms with E-state index in [0.29, 0.717) is 11.8 Å². The molecule has 3 heteroatoms. The number of aliphatic hydroxyl groups is 2. The number of nitrogens with zero attached hydrogens (tertiary/aromatic N) is 1. The first-order chi connectivity index (χ1) is 12.5. The van der Waals surface area contributed by atoms with Crippen molar-refractivity contribution in [2.24, 2.45) is 17.8 Å². The van der Waals surface area contributed by atoms with Crippen molar-refractivity contribution in [3.63, 3.8) is 0 Å². The van der Waals surface area contributed by atoms with Crippen molar-refractivity contribution in [3.05, 3.63) is 23.8 Å². The minimum absolute atomic E-state index is 0.225. The van der Waals surface area contributed by atoms with Crippen LogP contribution in [0.3, 0.4) is 0 Å². The average molecular weight is 364 g/mol. The van der Waals surface area contributed by atoms with Gasteiger partial charge in [0.2, 0.25) is 0 Å². The monoisotopic (exact) mass is 363 g/mol. The molecule has 0 heterocycles. The van der Waals surface area contributed by atoms with Crippen molar-refractivity contribution in [2.45, 2.75) is 83.3 Å². The van der Waals surface area contributed by atoms with Crippen LogP contribution in [0, 0.1) is 17.8 Å². The molecule has 0 aromatic rings. The number of fused-ring (bicyclic) bond motifs is 1. The fourth-order valence-electron chi connectivity index (χ4n) is 4.70. The van der Waals surface area contributed by atoms with Crippen LogP contribution in [0.1, 0.15) is 71.1 Å². The molecule has 0 aliphatic heterocycles. The van der Waals surface area contributed by atoms with Gasteiger partial charge in [-0.15, -0.1) is 0 Å². The summed E-state index contributed by atoms with van der Waals surface area (Å²) in [4.78, 5) is 2.26. The fraction of sp³-hybridized carbons (Fsp3) is 0.826. The maximum Gasteiger partial charge on any atom is 0.0721 e. The molecular formula is C23H41NO2. The van der Waals surface area contributed by atoms with Crippen LogP contribution in [0.4, 0.5) is 0 Å². The Bertz CT molecular complexity index is 457. The third-order valence-electron chi connectivity index (χ3n) is 6.21. The third kappa shape index (κ3) is 6.83. The van der Waals surface area contributed by atoms with Crippen LogP contribution in [-0.4, -0.2) is 48.0 Å². The molecule has 0 aromatic heterocycles. The lowest BCUT2D eigenvalue weighted by Crippen LogP contribution is -2.18. The SMILES string of the molecule is CCCCC[C@@H](O)/C=C/[C@@H]1[C@H]2CC(CCCCCN(C)C)=C[C@H]2C[C@@H]1O. The second-order valence-electron chi connectivity index (χ2n) is 8.80. The second-order valence-corrected chi connectivity index (χ2v) is 8.80. The number of rotatable bonds is 12. The molecule has 2 rings (SSSR count). The number of allylic oxidation sites excluding steroid dienone is 2. The van der Waals surface area contributed by atoms with Gasteiger partial charge in [-0.05, 0) is 71.0 Å². The summed E-state index contributed by atoms with van der Waals surface area (Å²) in [5.74, 6) is 1.33. The van der Waals surface area contributed by atoms with Crippen molar-refractivity contribution >= 4 is 0 Å². The minimum Gasteiger partial charge on any atom is -0.392 e. The van der Waals surface area contributed by atoms with E-state index in [-0.39, 0.29) is 18.1 Å². The maximum absolute atomic E-state index is 10.4. The lowest BCUT2D eigenvalue weighted by molar-refractivity contribution is 0.139. The van der Waals surface area contributed by atoms with E-state index in [4.69, 9.17) is 0 Å². The molecule has 3 nitrogen and oxygen atoms in total. The normalized spacial score (nSPS) is 29.5. The largest absolute Gasteiger partial charge is 0.392 e. The zero-order chi connectivity index (χ0) is 18.9. The summed E-state index contributed by atoms with van der Waals surface area (Å²) in [7, 11) is 4.28. The molecule has 0 radical (unpaired) electrons. The van der Waals surface area contributed by atoms with Crippen molar-refractivity contribution in [2.75, 3.05) is 20.6 Å². The quantitative estimate of drug-likeness (QED) is 0.395. The van der Waals surface area contributed by atoms with E-state index >= 15 is 0 Å². The zero-order valence-corrected chi connectivity index (χ0v) is 17.2. The van der Waals surface area contributed by atoms with E-state index in [1.165, 1.54) is 45.1 Å². The third-order valence-corrected chi connectivity index (χ3v) is 6.21. The highest BCUT2D eigenvalue weighted by Crippen LogP contribution is 2.48. The Morgan fingerprint density at radius 2 is 2.00 bits per heavy atom. The second kappa shape index (κ2) is 11.3. The average Bonchev–Trinajstić information content (AvgIpc) is 3.09. The smallest absolute Gasteiger partial charge is 0.0721 e. The van der Waals surface area contributed by atoms with Gasteiger partial charge >= 0.3 is 0 Å². The molecule has 1 fully saturated rings. The van der Waals surface area contributed by atoms with Crippen LogP contribution >= 0.6 is 0 Å². The molecular weight excluding hydrogens is 322 g/mol. The van der Waals surface area contributed by atoms with Gasteiger partial charge in [0.15, 0.2) is 0 Å². The van der Waals surface area contributed by atoms with E-state index in [0.717, 1.165) is 25.7 Å². The predicted octanol–water partition coefficient (Wildman–Crippen LogP) is 4.55. The summed E-state index contributed by atoms with van der Waals surface area (Å²) in [5, 5.41) is 20.6. The molecule has 1 saturated carbocycles. The van der Waals surface area contributed by atoms with Crippen molar-refractivity contribution in [3.8, 4) is 0 Å². The summed E-state index contributed by atoms with van der Waals surface area (Å²) >= 11 is 0. The van der Waals surface area contributed by atoms with Crippen LogP contribution < -0.4 is 0 Å². The molecule has 2 N–H and O–H groups in total. The molecule has 2 aliphatic rings. The van der Waals surface area contributed by atoms with Gasteiger partial charge < -0.3 is 15.1 Å². The lowest BCUT2D eigenvalue weighted by Gasteiger charge is -2.19. The number of aliphatic hydroxyl groups excluding tert-OH is 2. The first-order valence-electron chi connectivity index (χ1n) is 10.9. The molecule has 150 valence electrons. The standard InChI is InChI=1S/C23H41NO2/c1-4-5-7-11-20(25)12-13-21-22-16-18(15-19(22)17-23(21)26)10-8-6-9-14-24(2)3/h12-13,15,19-23,25-26H,4-11,14,16-17H2,1-3H3/b13-12+/t19-,20+,21+,22-,23-/m0/s1. The molecule has 5 atom stereocenters. The van der Waals surface area contributed by atoms with Gasteiger partial charge in [0.05, 0.1) is 12.2 Å². The maximum atomic E-state index is 10.4. The van der Waals surface area contributed by atoms with Crippen molar-refractivity contribution in [1.82, 2.24) is 4.90 Å². The molecule has 0 bridgehead atoms. The number of hydrogen-bond donors (Lipinski definition) is 2. The van der Waals surface area contributed by atoms with Crippen LogP contribution in [0.25, 0.3) is 0 Å². The molecule has 2 aliphatic carbocycles. The summed E-state index contributed by atoms with van der Waals surface area (Å²) in [6.45, 7) is 3.37. The van der Waals surface area contributed by atoms with Gasteiger partial charge in [-0.3, -0.25) is 0 Å². The number of unbranched alkanes of at least 4 members (excludes halogenated alkanes) is 4. The highest BCUT2D eigenvalue weighted by atomic mass is 16.3. The Kier molecular flexibility index (Phi) is 9.38. The van der Waals surface area contributed by atoms with Crippen LogP contribution in [-0.2, 0) is 0 Å². The topological polar surface area (TPSA) is 43.7 Å². The summed E-state index contributed by atoms with van der Waals surface area (Å²) < 4.78 is 0. The van der Waals surface area contributed by atoms with E-state index in [1.54, 1.807) is 5.57 Å². The Balaban J connectivity index is 1.74. The highest BCUT2D eigenvalue weighted by Gasteiger charge is 2.43. The summed E-state index contributed by atoms with van der Waals surface area (Å²) in [6.07, 6.45) is 17.4. The van der Waals surface area contributed by atoms with Gasteiger partial charge in [-0.1, -0.05) is 56.4 Å². The van der Waals surface area contributed by atoms with Crippen LogP contribution in [0.5, 0.6) is 0 Å². The molecule has 0 aromatic carbocycles.